The van der Waals surface area contributed by atoms with Gasteiger partial charge in [-0.05, 0) is 18.2 Å². The first-order valence-corrected chi connectivity index (χ1v) is 6.97. The summed E-state index contributed by atoms with van der Waals surface area (Å²) in [5.74, 6) is -0.513. The molecular formula is C16H15N3O5. The van der Waals surface area contributed by atoms with Gasteiger partial charge >= 0.3 is 5.97 Å². The number of methoxy groups -OCH3 is 3. The SMILES string of the molecule is COc1c(C(=O)O)cc(-c2ccc3nccn3n2)c(OC)c1OC. The van der Waals surface area contributed by atoms with E-state index < -0.39 is 5.97 Å². The molecule has 8 heteroatoms. The van der Waals surface area contributed by atoms with Crippen molar-refractivity contribution in [2.75, 3.05) is 21.3 Å². The summed E-state index contributed by atoms with van der Waals surface area (Å²) in [5.41, 5.74) is 1.62. The lowest BCUT2D eigenvalue weighted by Crippen LogP contribution is -2.06. The summed E-state index contributed by atoms with van der Waals surface area (Å²) < 4.78 is 17.5. The fraction of sp³-hybridized carbons (Fsp3) is 0.188. The lowest BCUT2D eigenvalue weighted by Gasteiger charge is -2.17. The first-order chi connectivity index (χ1) is 11.6. The second-order valence-corrected chi connectivity index (χ2v) is 4.83. The zero-order valence-electron chi connectivity index (χ0n) is 13.3. The van der Waals surface area contributed by atoms with Crippen LogP contribution in [0.5, 0.6) is 17.2 Å². The highest BCUT2D eigenvalue weighted by Gasteiger charge is 2.25. The van der Waals surface area contributed by atoms with Crippen LogP contribution in [0.25, 0.3) is 16.9 Å². The molecule has 0 amide bonds. The zero-order valence-corrected chi connectivity index (χ0v) is 13.3. The second kappa shape index (κ2) is 6.07. The molecule has 0 radical (unpaired) electrons. The van der Waals surface area contributed by atoms with Crippen LogP contribution in [-0.4, -0.2) is 47.0 Å². The van der Waals surface area contributed by atoms with Gasteiger partial charge in [-0.15, -0.1) is 0 Å². The summed E-state index contributed by atoms with van der Waals surface area (Å²) in [6, 6.07) is 4.96. The van der Waals surface area contributed by atoms with Crippen LogP contribution in [0.2, 0.25) is 0 Å². The highest BCUT2D eigenvalue weighted by atomic mass is 16.5. The minimum Gasteiger partial charge on any atom is -0.492 e. The standard InChI is InChI=1S/C16H15N3O5/c1-22-13-9(11-4-5-12-17-6-7-19(12)18-11)8-10(16(20)21)14(23-2)15(13)24-3/h4-8H,1-3H3,(H,20,21). The van der Waals surface area contributed by atoms with Crippen molar-refractivity contribution in [2.24, 2.45) is 0 Å². The number of carboxylic acid groups (broad SMARTS) is 1. The number of carboxylic acids is 1. The summed E-state index contributed by atoms with van der Waals surface area (Å²) in [6.07, 6.45) is 3.32. The van der Waals surface area contributed by atoms with Crippen molar-refractivity contribution >= 4 is 11.6 Å². The highest BCUT2D eigenvalue weighted by molar-refractivity contribution is 5.95. The molecule has 0 unspecified atom stereocenters. The average Bonchev–Trinajstić information content (AvgIpc) is 3.06. The summed E-state index contributed by atoms with van der Waals surface area (Å²) in [4.78, 5) is 15.7. The van der Waals surface area contributed by atoms with Crippen LogP contribution in [0.4, 0.5) is 0 Å². The number of carbonyl (C=O) groups is 1. The number of hydrogen-bond acceptors (Lipinski definition) is 6. The molecule has 0 aliphatic carbocycles. The largest absolute Gasteiger partial charge is 0.492 e. The lowest BCUT2D eigenvalue weighted by atomic mass is 10.0. The van der Waals surface area contributed by atoms with Crippen molar-refractivity contribution in [3.63, 3.8) is 0 Å². The van der Waals surface area contributed by atoms with Gasteiger partial charge in [-0.3, -0.25) is 0 Å². The number of rotatable bonds is 5. The van der Waals surface area contributed by atoms with Gasteiger partial charge < -0.3 is 19.3 Å². The van der Waals surface area contributed by atoms with Crippen LogP contribution in [-0.2, 0) is 0 Å². The summed E-state index contributed by atoms with van der Waals surface area (Å²) in [5, 5.41) is 13.9. The maximum atomic E-state index is 11.6. The van der Waals surface area contributed by atoms with E-state index in [0.717, 1.165) is 0 Å². The van der Waals surface area contributed by atoms with Crippen LogP contribution >= 0.6 is 0 Å². The third-order valence-electron chi connectivity index (χ3n) is 3.56. The van der Waals surface area contributed by atoms with Gasteiger partial charge in [-0.1, -0.05) is 0 Å². The summed E-state index contributed by atoms with van der Waals surface area (Å²) in [7, 11) is 4.26. The first kappa shape index (κ1) is 15.6. The molecular weight excluding hydrogens is 314 g/mol. The molecule has 3 rings (SSSR count). The molecule has 1 aromatic carbocycles. The van der Waals surface area contributed by atoms with Crippen molar-refractivity contribution < 1.29 is 24.1 Å². The monoisotopic (exact) mass is 329 g/mol. The van der Waals surface area contributed by atoms with Crippen LogP contribution in [0.1, 0.15) is 10.4 Å². The molecule has 0 aliphatic heterocycles. The second-order valence-electron chi connectivity index (χ2n) is 4.83. The van der Waals surface area contributed by atoms with E-state index in [2.05, 4.69) is 10.1 Å². The third-order valence-corrected chi connectivity index (χ3v) is 3.56. The molecule has 2 aromatic heterocycles. The Morgan fingerprint density at radius 1 is 1.08 bits per heavy atom. The van der Waals surface area contributed by atoms with Gasteiger partial charge in [0.1, 0.15) is 5.56 Å². The molecule has 0 saturated heterocycles. The van der Waals surface area contributed by atoms with Gasteiger partial charge in [0.05, 0.1) is 27.0 Å². The summed E-state index contributed by atoms with van der Waals surface area (Å²) >= 11 is 0. The normalized spacial score (nSPS) is 10.6. The maximum absolute atomic E-state index is 11.6. The Bertz CT molecular complexity index is 919. The van der Waals surface area contributed by atoms with Crippen molar-refractivity contribution in [2.45, 2.75) is 0 Å². The number of benzene rings is 1. The molecule has 8 nitrogen and oxygen atoms in total. The molecule has 0 atom stereocenters. The molecule has 0 aliphatic rings. The van der Waals surface area contributed by atoms with Gasteiger partial charge in [-0.25, -0.2) is 14.3 Å². The molecule has 0 bridgehead atoms. The number of nitrogens with zero attached hydrogens (tertiary/aromatic N) is 3. The molecule has 1 N–H and O–H groups in total. The van der Waals surface area contributed by atoms with Crippen LogP contribution in [0.15, 0.2) is 30.6 Å². The van der Waals surface area contributed by atoms with Crippen LogP contribution in [0, 0.1) is 0 Å². The van der Waals surface area contributed by atoms with E-state index in [0.29, 0.717) is 22.7 Å². The molecule has 0 saturated carbocycles. The highest BCUT2D eigenvalue weighted by Crippen LogP contribution is 2.46. The minimum absolute atomic E-state index is 0.0438. The molecule has 0 fully saturated rings. The zero-order chi connectivity index (χ0) is 17.3. The van der Waals surface area contributed by atoms with Gasteiger partial charge in [0.25, 0.3) is 0 Å². The van der Waals surface area contributed by atoms with Crippen molar-refractivity contribution in [3.05, 3.63) is 36.2 Å². The van der Waals surface area contributed by atoms with Crippen molar-refractivity contribution in [1.29, 1.82) is 0 Å². The number of hydrogen-bond donors (Lipinski definition) is 1. The number of aromatic carboxylic acids is 1. The minimum atomic E-state index is -1.14. The van der Waals surface area contributed by atoms with Crippen LogP contribution in [0.3, 0.4) is 0 Å². The fourth-order valence-electron chi connectivity index (χ4n) is 2.52. The van der Waals surface area contributed by atoms with Gasteiger partial charge in [0, 0.05) is 18.0 Å². The Balaban J connectivity index is 2.32. The van der Waals surface area contributed by atoms with E-state index in [-0.39, 0.29) is 17.1 Å². The fourth-order valence-corrected chi connectivity index (χ4v) is 2.52. The van der Waals surface area contributed by atoms with E-state index in [1.54, 1.807) is 29.0 Å². The number of ether oxygens (including phenoxy) is 3. The van der Waals surface area contributed by atoms with Gasteiger partial charge in [0.2, 0.25) is 5.75 Å². The topological polar surface area (TPSA) is 95.2 Å². The van der Waals surface area contributed by atoms with Crippen molar-refractivity contribution in [1.82, 2.24) is 14.6 Å². The molecule has 124 valence electrons. The Hall–Kier alpha value is -3.29. The van der Waals surface area contributed by atoms with Gasteiger partial charge in [-0.2, -0.15) is 5.10 Å². The Kier molecular flexibility index (Phi) is 3.95. The number of imidazole rings is 1. The van der Waals surface area contributed by atoms with E-state index >= 15 is 0 Å². The first-order valence-electron chi connectivity index (χ1n) is 6.97. The number of aromatic nitrogens is 3. The van der Waals surface area contributed by atoms with E-state index in [1.807, 2.05) is 0 Å². The smallest absolute Gasteiger partial charge is 0.339 e. The summed E-state index contributed by atoms with van der Waals surface area (Å²) in [6.45, 7) is 0. The van der Waals surface area contributed by atoms with E-state index in [1.165, 1.54) is 27.4 Å². The average molecular weight is 329 g/mol. The molecule has 2 heterocycles. The quantitative estimate of drug-likeness (QED) is 0.766. The van der Waals surface area contributed by atoms with E-state index in [9.17, 15) is 9.90 Å². The molecule has 3 aromatic rings. The Labute approximate surface area is 137 Å². The van der Waals surface area contributed by atoms with Gasteiger partial charge in [0.15, 0.2) is 17.1 Å². The molecule has 0 spiro atoms. The maximum Gasteiger partial charge on any atom is 0.339 e. The Morgan fingerprint density at radius 3 is 2.42 bits per heavy atom. The predicted molar refractivity (Wildman–Crippen MR) is 85.0 cm³/mol. The number of fused-ring (bicyclic) bond motifs is 1. The predicted octanol–water partition coefficient (Wildman–Crippen LogP) is 2.12. The van der Waals surface area contributed by atoms with Crippen LogP contribution < -0.4 is 14.2 Å². The van der Waals surface area contributed by atoms with Crippen molar-refractivity contribution in [3.8, 4) is 28.5 Å². The van der Waals surface area contributed by atoms with E-state index in [4.69, 9.17) is 14.2 Å². The lowest BCUT2D eigenvalue weighted by molar-refractivity contribution is 0.0692. The Morgan fingerprint density at radius 2 is 1.79 bits per heavy atom. The third kappa shape index (κ3) is 2.37. The molecule has 24 heavy (non-hydrogen) atoms.